The van der Waals surface area contributed by atoms with Crippen molar-refractivity contribution >= 4 is 27.6 Å². The van der Waals surface area contributed by atoms with E-state index in [4.69, 9.17) is 9.52 Å². The highest BCUT2D eigenvalue weighted by molar-refractivity contribution is 7.88. The fourth-order valence-corrected chi connectivity index (χ4v) is 3.00. The number of aryl methyl sites for hydroxylation is 1. The second-order valence-electron chi connectivity index (χ2n) is 5.44. The van der Waals surface area contributed by atoms with Gasteiger partial charge in [0.15, 0.2) is 0 Å². The number of nitrogens with zero attached hydrogens (tertiary/aromatic N) is 2. The van der Waals surface area contributed by atoms with E-state index in [2.05, 4.69) is 0 Å². The van der Waals surface area contributed by atoms with Crippen molar-refractivity contribution in [2.24, 2.45) is 0 Å². The fourth-order valence-electron chi connectivity index (χ4n) is 2.14. The number of furan rings is 1. The number of rotatable bonds is 6. The monoisotopic (exact) mass is 366 g/mol. The first-order valence-electron chi connectivity index (χ1n) is 7.26. The summed E-state index contributed by atoms with van der Waals surface area (Å²) in [6.45, 7) is 0.884. The van der Waals surface area contributed by atoms with Gasteiger partial charge in [-0.3, -0.25) is 14.5 Å². The van der Waals surface area contributed by atoms with Gasteiger partial charge in [-0.05, 0) is 19.1 Å². The summed E-state index contributed by atoms with van der Waals surface area (Å²) < 4.78 is 30.5. The van der Waals surface area contributed by atoms with Crippen LogP contribution in [0, 0.1) is 6.92 Å². The summed E-state index contributed by atoms with van der Waals surface area (Å²) in [6, 6.07) is 9.37. The number of hydrogen-bond donors (Lipinski definition) is 1. The maximum atomic E-state index is 12.8. The number of carbonyl (C=O) groups excluding carboxylic acids is 1. The number of sulfonamides is 1. The van der Waals surface area contributed by atoms with Crippen LogP contribution in [0.25, 0.3) is 0 Å². The number of carbonyl (C=O) groups is 2. The minimum Gasteiger partial charge on any atom is -0.480 e. The van der Waals surface area contributed by atoms with Crippen molar-refractivity contribution in [2.45, 2.75) is 12.0 Å². The molecule has 1 amide bonds. The second kappa shape index (κ2) is 7.08. The molecule has 0 saturated heterocycles. The van der Waals surface area contributed by atoms with Crippen molar-refractivity contribution in [3.8, 4) is 0 Å². The lowest BCUT2D eigenvalue weighted by atomic mass is 10.2. The average molecular weight is 366 g/mol. The van der Waals surface area contributed by atoms with E-state index < -0.39 is 28.4 Å². The van der Waals surface area contributed by atoms with Gasteiger partial charge < -0.3 is 9.52 Å². The van der Waals surface area contributed by atoms with Crippen molar-refractivity contribution in [1.29, 1.82) is 0 Å². The number of amides is 1. The van der Waals surface area contributed by atoms with E-state index in [1.54, 1.807) is 30.3 Å². The SMILES string of the molecule is Cc1oc(S(=O)(=O)N(C)C)cc1C(=O)N(CC(=O)O)c1ccccc1. The van der Waals surface area contributed by atoms with Gasteiger partial charge in [0.2, 0.25) is 5.09 Å². The molecule has 0 radical (unpaired) electrons. The van der Waals surface area contributed by atoms with Gasteiger partial charge in [-0.25, -0.2) is 12.7 Å². The van der Waals surface area contributed by atoms with Crippen LogP contribution in [0.3, 0.4) is 0 Å². The Morgan fingerprint density at radius 3 is 2.28 bits per heavy atom. The summed E-state index contributed by atoms with van der Waals surface area (Å²) in [5.74, 6) is -1.76. The number of para-hydroxylation sites is 1. The number of carboxylic acid groups (broad SMARTS) is 1. The molecular formula is C16H18N2O6S. The lowest BCUT2D eigenvalue weighted by molar-refractivity contribution is -0.135. The minimum absolute atomic E-state index is 0.00877. The van der Waals surface area contributed by atoms with Crippen molar-refractivity contribution in [3.05, 3.63) is 47.7 Å². The second-order valence-corrected chi connectivity index (χ2v) is 7.53. The molecule has 25 heavy (non-hydrogen) atoms. The lowest BCUT2D eigenvalue weighted by Gasteiger charge is -2.20. The summed E-state index contributed by atoms with van der Waals surface area (Å²) >= 11 is 0. The largest absolute Gasteiger partial charge is 0.480 e. The van der Waals surface area contributed by atoms with Crippen LogP contribution in [-0.4, -0.2) is 50.3 Å². The molecule has 0 saturated carbocycles. The molecule has 1 heterocycles. The summed E-state index contributed by atoms with van der Waals surface area (Å²) in [5.41, 5.74) is 0.373. The topological polar surface area (TPSA) is 108 Å². The molecule has 1 aromatic heterocycles. The molecule has 0 aliphatic heterocycles. The molecule has 8 nitrogen and oxygen atoms in total. The normalized spacial score (nSPS) is 11.5. The first kappa shape index (κ1) is 18.7. The first-order chi connectivity index (χ1) is 11.6. The van der Waals surface area contributed by atoms with E-state index in [9.17, 15) is 18.0 Å². The van der Waals surface area contributed by atoms with Gasteiger partial charge in [0.25, 0.3) is 15.9 Å². The van der Waals surface area contributed by atoms with E-state index in [0.717, 1.165) is 15.3 Å². The Morgan fingerprint density at radius 2 is 1.76 bits per heavy atom. The molecule has 0 bridgehead atoms. The number of hydrogen-bond acceptors (Lipinski definition) is 5. The Morgan fingerprint density at radius 1 is 1.16 bits per heavy atom. The molecule has 0 fully saturated rings. The van der Waals surface area contributed by atoms with Gasteiger partial charge in [0, 0.05) is 25.8 Å². The third kappa shape index (κ3) is 3.89. The molecule has 0 unspecified atom stereocenters. The number of benzene rings is 1. The van der Waals surface area contributed by atoms with Crippen LogP contribution in [0.2, 0.25) is 0 Å². The van der Waals surface area contributed by atoms with Crippen LogP contribution < -0.4 is 4.90 Å². The number of aliphatic carboxylic acids is 1. The highest BCUT2D eigenvalue weighted by atomic mass is 32.2. The summed E-state index contributed by atoms with van der Waals surface area (Å²) in [7, 11) is -1.16. The van der Waals surface area contributed by atoms with Gasteiger partial charge in [-0.2, -0.15) is 0 Å². The van der Waals surface area contributed by atoms with E-state index in [1.807, 2.05) is 0 Å². The molecule has 0 aliphatic rings. The first-order valence-corrected chi connectivity index (χ1v) is 8.70. The molecule has 1 aromatic carbocycles. The molecule has 2 aromatic rings. The predicted octanol–water partition coefficient (Wildman–Crippen LogP) is 1.57. The molecule has 9 heteroatoms. The Hall–Kier alpha value is -2.65. The Balaban J connectivity index is 2.47. The van der Waals surface area contributed by atoms with E-state index in [0.29, 0.717) is 5.69 Å². The third-order valence-electron chi connectivity index (χ3n) is 3.47. The maximum absolute atomic E-state index is 12.8. The molecule has 134 valence electrons. The van der Waals surface area contributed by atoms with E-state index in [1.165, 1.54) is 21.0 Å². The van der Waals surface area contributed by atoms with Crippen LogP contribution in [0.4, 0.5) is 5.69 Å². The zero-order chi connectivity index (χ0) is 18.8. The van der Waals surface area contributed by atoms with Crippen LogP contribution in [0.5, 0.6) is 0 Å². The van der Waals surface area contributed by atoms with Gasteiger partial charge in [-0.15, -0.1) is 0 Å². The summed E-state index contributed by atoms with van der Waals surface area (Å²) in [5, 5.41) is 8.72. The van der Waals surface area contributed by atoms with Crippen LogP contribution in [0.15, 0.2) is 45.9 Å². The Kier molecular flexibility index (Phi) is 5.29. The van der Waals surface area contributed by atoms with E-state index >= 15 is 0 Å². The summed E-state index contributed by atoms with van der Waals surface area (Å²) in [6.07, 6.45) is 0. The Labute approximate surface area is 145 Å². The molecule has 0 atom stereocenters. The molecular weight excluding hydrogens is 348 g/mol. The smallest absolute Gasteiger partial charge is 0.323 e. The van der Waals surface area contributed by atoms with Gasteiger partial charge in [0.1, 0.15) is 12.3 Å². The summed E-state index contributed by atoms with van der Waals surface area (Å²) in [4.78, 5) is 25.0. The van der Waals surface area contributed by atoms with Crippen molar-refractivity contribution < 1.29 is 27.5 Å². The average Bonchev–Trinajstić information content (AvgIpc) is 2.95. The van der Waals surface area contributed by atoms with Gasteiger partial charge in [0.05, 0.1) is 5.56 Å². The standard InChI is InChI=1S/C16H18N2O6S/c1-11-13(9-15(24-11)25(22,23)17(2)3)16(21)18(10-14(19)20)12-7-5-4-6-8-12/h4-9H,10H2,1-3H3,(H,19,20). The molecule has 0 spiro atoms. The zero-order valence-corrected chi connectivity index (χ0v) is 14.8. The predicted molar refractivity (Wildman–Crippen MR) is 90.1 cm³/mol. The molecule has 1 N–H and O–H groups in total. The molecule has 2 rings (SSSR count). The van der Waals surface area contributed by atoms with Crippen molar-refractivity contribution in [2.75, 3.05) is 25.5 Å². The van der Waals surface area contributed by atoms with Gasteiger partial charge >= 0.3 is 5.97 Å². The lowest BCUT2D eigenvalue weighted by Crippen LogP contribution is -2.35. The highest BCUT2D eigenvalue weighted by Gasteiger charge is 2.29. The fraction of sp³-hybridized carbons (Fsp3) is 0.250. The van der Waals surface area contributed by atoms with E-state index in [-0.39, 0.29) is 16.4 Å². The van der Waals surface area contributed by atoms with Crippen LogP contribution in [0.1, 0.15) is 16.1 Å². The third-order valence-corrected chi connectivity index (χ3v) is 5.14. The zero-order valence-electron chi connectivity index (χ0n) is 14.0. The van der Waals surface area contributed by atoms with Gasteiger partial charge in [-0.1, -0.05) is 18.2 Å². The van der Waals surface area contributed by atoms with Crippen LogP contribution >= 0.6 is 0 Å². The van der Waals surface area contributed by atoms with Crippen LogP contribution in [-0.2, 0) is 14.8 Å². The number of carboxylic acids is 1. The highest BCUT2D eigenvalue weighted by Crippen LogP contribution is 2.24. The van der Waals surface area contributed by atoms with Crippen molar-refractivity contribution in [3.63, 3.8) is 0 Å². The molecule has 0 aliphatic carbocycles. The minimum atomic E-state index is -3.85. The quantitative estimate of drug-likeness (QED) is 0.831. The maximum Gasteiger partial charge on any atom is 0.323 e. The Bertz CT molecular complexity index is 887. The van der Waals surface area contributed by atoms with Crippen molar-refractivity contribution in [1.82, 2.24) is 4.31 Å². The number of anilines is 1.